The van der Waals surface area contributed by atoms with Crippen molar-refractivity contribution in [3.8, 4) is 0 Å². The molecule has 0 fully saturated rings. The molecule has 0 aliphatic carbocycles. The Morgan fingerprint density at radius 2 is 1.76 bits per heavy atom. The van der Waals surface area contributed by atoms with Crippen LogP contribution in [0.4, 0.5) is 8.78 Å². The highest BCUT2D eigenvalue weighted by Gasteiger charge is 2.31. The Labute approximate surface area is 102 Å². The summed E-state index contributed by atoms with van der Waals surface area (Å²) in [5.74, 6) is -2.73. The van der Waals surface area contributed by atoms with E-state index in [1.54, 1.807) is 19.1 Å². The minimum atomic E-state index is -2.73. The number of nitrogens with one attached hydrogen (secondary N) is 1. The molecule has 1 N–H and O–H groups in total. The molecular weight excluding hydrogens is 220 g/mol. The van der Waals surface area contributed by atoms with Crippen LogP contribution in [0.1, 0.15) is 44.7 Å². The second kappa shape index (κ2) is 5.13. The number of halogens is 2. The van der Waals surface area contributed by atoms with Crippen LogP contribution < -0.4 is 5.32 Å². The highest BCUT2D eigenvalue weighted by atomic mass is 19.3. The molecule has 0 spiro atoms. The van der Waals surface area contributed by atoms with Gasteiger partial charge in [0.1, 0.15) is 0 Å². The van der Waals surface area contributed by atoms with E-state index in [0.29, 0.717) is 6.42 Å². The number of hydrogen-bond acceptors (Lipinski definition) is 1. The molecule has 0 heterocycles. The van der Waals surface area contributed by atoms with Crippen LogP contribution in [0.3, 0.4) is 0 Å². The Bertz CT molecular complexity index is 372. The van der Waals surface area contributed by atoms with Crippen LogP contribution in [0.25, 0.3) is 0 Å². The molecule has 3 heteroatoms. The van der Waals surface area contributed by atoms with E-state index in [4.69, 9.17) is 0 Å². The summed E-state index contributed by atoms with van der Waals surface area (Å²) in [7, 11) is 1.83. The summed E-state index contributed by atoms with van der Waals surface area (Å²) in [4.78, 5) is 0. The van der Waals surface area contributed by atoms with Gasteiger partial charge in [0.25, 0.3) is 5.92 Å². The highest BCUT2D eigenvalue weighted by Crippen LogP contribution is 2.34. The predicted octanol–water partition coefficient (Wildman–Crippen LogP) is 4.03. The molecule has 1 aromatic carbocycles. The molecule has 96 valence electrons. The van der Waals surface area contributed by atoms with Crippen LogP contribution in [-0.2, 0) is 11.5 Å². The Morgan fingerprint density at radius 1 is 1.18 bits per heavy atom. The first-order valence-corrected chi connectivity index (χ1v) is 6.01. The van der Waals surface area contributed by atoms with Crippen molar-refractivity contribution < 1.29 is 8.78 Å². The van der Waals surface area contributed by atoms with Crippen molar-refractivity contribution in [3.05, 3.63) is 35.4 Å². The fourth-order valence-electron chi connectivity index (χ4n) is 1.74. The average Bonchev–Trinajstić information content (AvgIpc) is 2.29. The zero-order valence-corrected chi connectivity index (χ0v) is 11.0. The minimum Gasteiger partial charge on any atom is -0.311 e. The maximum atomic E-state index is 13.8. The van der Waals surface area contributed by atoms with E-state index < -0.39 is 5.92 Å². The van der Waals surface area contributed by atoms with E-state index in [2.05, 4.69) is 5.32 Å². The maximum Gasteiger partial charge on any atom is 0.273 e. The SMILES string of the molecule is CCCC(F)(F)c1cccc(C(C)(C)NC)c1. The molecule has 0 atom stereocenters. The molecular formula is C14H21F2N. The Kier molecular flexibility index (Phi) is 4.26. The third-order valence-electron chi connectivity index (χ3n) is 3.20. The van der Waals surface area contributed by atoms with E-state index >= 15 is 0 Å². The van der Waals surface area contributed by atoms with Gasteiger partial charge >= 0.3 is 0 Å². The number of rotatable bonds is 5. The molecule has 0 unspecified atom stereocenters. The number of alkyl halides is 2. The lowest BCUT2D eigenvalue weighted by Crippen LogP contribution is -2.33. The van der Waals surface area contributed by atoms with Gasteiger partial charge < -0.3 is 5.32 Å². The highest BCUT2D eigenvalue weighted by molar-refractivity contribution is 5.31. The minimum absolute atomic E-state index is 0.101. The second-order valence-corrected chi connectivity index (χ2v) is 4.91. The number of benzene rings is 1. The lowest BCUT2D eigenvalue weighted by Gasteiger charge is -2.26. The molecule has 0 saturated carbocycles. The van der Waals surface area contributed by atoms with Gasteiger partial charge in [-0.05, 0) is 32.5 Å². The monoisotopic (exact) mass is 241 g/mol. The van der Waals surface area contributed by atoms with Gasteiger partial charge in [-0.2, -0.15) is 0 Å². The van der Waals surface area contributed by atoms with E-state index in [-0.39, 0.29) is 17.5 Å². The topological polar surface area (TPSA) is 12.0 Å². The fraction of sp³-hybridized carbons (Fsp3) is 0.571. The predicted molar refractivity (Wildman–Crippen MR) is 67.3 cm³/mol. The summed E-state index contributed by atoms with van der Waals surface area (Å²) in [5, 5.41) is 3.12. The molecule has 0 aliphatic rings. The third-order valence-corrected chi connectivity index (χ3v) is 3.20. The summed E-state index contributed by atoms with van der Waals surface area (Å²) < 4.78 is 27.6. The summed E-state index contributed by atoms with van der Waals surface area (Å²) in [6.45, 7) is 5.73. The van der Waals surface area contributed by atoms with Crippen LogP contribution in [0.2, 0.25) is 0 Å². The summed E-state index contributed by atoms with van der Waals surface area (Å²) in [6, 6.07) is 6.69. The first-order valence-electron chi connectivity index (χ1n) is 6.01. The molecule has 1 nitrogen and oxygen atoms in total. The lowest BCUT2D eigenvalue weighted by atomic mass is 9.91. The fourth-order valence-corrected chi connectivity index (χ4v) is 1.74. The van der Waals surface area contributed by atoms with Gasteiger partial charge in [-0.3, -0.25) is 0 Å². The molecule has 0 amide bonds. The van der Waals surface area contributed by atoms with Crippen LogP contribution in [0, 0.1) is 0 Å². The quantitative estimate of drug-likeness (QED) is 0.820. The van der Waals surface area contributed by atoms with Gasteiger partial charge in [0, 0.05) is 17.5 Å². The Balaban J connectivity index is 3.09. The van der Waals surface area contributed by atoms with E-state index in [0.717, 1.165) is 5.56 Å². The van der Waals surface area contributed by atoms with Gasteiger partial charge in [-0.15, -0.1) is 0 Å². The standard InChI is InChI=1S/C14H21F2N/c1-5-9-14(15,16)12-8-6-7-11(10-12)13(2,3)17-4/h6-8,10,17H,5,9H2,1-4H3. The van der Waals surface area contributed by atoms with Gasteiger partial charge in [-0.1, -0.05) is 31.5 Å². The van der Waals surface area contributed by atoms with Crippen molar-refractivity contribution in [1.29, 1.82) is 0 Å². The van der Waals surface area contributed by atoms with Crippen LogP contribution in [0.5, 0.6) is 0 Å². The van der Waals surface area contributed by atoms with Gasteiger partial charge in [0.15, 0.2) is 0 Å². The summed E-state index contributed by atoms with van der Waals surface area (Å²) in [5.41, 5.74) is 0.701. The van der Waals surface area contributed by atoms with Crippen molar-refractivity contribution in [1.82, 2.24) is 5.32 Å². The summed E-state index contributed by atoms with van der Waals surface area (Å²) >= 11 is 0. The largest absolute Gasteiger partial charge is 0.311 e. The molecule has 0 bridgehead atoms. The molecule has 17 heavy (non-hydrogen) atoms. The maximum absolute atomic E-state index is 13.8. The van der Waals surface area contributed by atoms with Gasteiger partial charge in [0.05, 0.1) is 0 Å². The van der Waals surface area contributed by atoms with Crippen LogP contribution >= 0.6 is 0 Å². The Hall–Kier alpha value is -0.960. The van der Waals surface area contributed by atoms with Gasteiger partial charge in [0.2, 0.25) is 0 Å². The second-order valence-electron chi connectivity index (χ2n) is 4.91. The Morgan fingerprint density at radius 3 is 2.29 bits per heavy atom. The van der Waals surface area contributed by atoms with Crippen molar-refractivity contribution in [2.45, 2.75) is 45.1 Å². The molecule has 0 aliphatic heterocycles. The zero-order chi connectivity index (χ0) is 13.1. The average molecular weight is 241 g/mol. The van der Waals surface area contributed by atoms with Crippen molar-refractivity contribution in [2.75, 3.05) is 7.05 Å². The molecule has 0 aromatic heterocycles. The third kappa shape index (κ3) is 3.25. The van der Waals surface area contributed by atoms with E-state index in [9.17, 15) is 8.78 Å². The summed E-state index contributed by atoms with van der Waals surface area (Å²) in [6.07, 6.45) is 0.378. The molecule has 0 saturated heterocycles. The normalized spacial score (nSPS) is 12.8. The van der Waals surface area contributed by atoms with Crippen LogP contribution in [0.15, 0.2) is 24.3 Å². The molecule has 0 radical (unpaired) electrons. The van der Waals surface area contributed by atoms with Crippen molar-refractivity contribution in [3.63, 3.8) is 0 Å². The van der Waals surface area contributed by atoms with Crippen molar-refractivity contribution in [2.24, 2.45) is 0 Å². The zero-order valence-electron chi connectivity index (χ0n) is 11.0. The van der Waals surface area contributed by atoms with E-state index in [1.807, 2.05) is 27.0 Å². The first kappa shape index (κ1) is 14.1. The molecule has 1 rings (SSSR count). The van der Waals surface area contributed by atoms with Crippen LogP contribution in [-0.4, -0.2) is 7.05 Å². The first-order chi connectivity index (χ1) is 7.83. The molecule has 1 aromatic rings. The van der Waals surface area contributed by atoms with Crippen molar-refractivity contribution >= 4 is 0 Å². The van der Waals surface area contributed by atoms with Gasteiger partial charge in [-0.25, -0.2) is 8.78 Å². The smallest absolute Gasteiger partial charge is 0.273 e. The number of hydrogen-bond donors (Lipinski definition) is 1. The van der Waals surface area contributed by atoms with E-state index in [1.165, 1.54) is 6.07 Å². The lowest BCUT2D eigenvalue weighted by molar-refractivity contribution is -0.0141.